The second-order valence-electron chi connectivity index (χ2n) is 7.29. The van der Waals surface area contributed by atoms with Crippen LogP contribution in [-0.2, 0) is 6.42 Å². The molecule has 1 aliphatic carbocycles. The van der Waals surface area contributed by atoms with E-state index in [1.54, 1.807) is 0 Å². The highest BCUT2D eigenvalue weighted by atomic mass is 15.1. The van der Waals surface area contributed by atoms with E-state index < -0.39 is 0 Å². The Hall–Kier alpha value is -0.980. The smallest absolute Gasteiger partial charge is 0.0366 e. The first-order valence-electron chi connectivity index (χ1n) is 8.93. The third kappa shape index (κ3) is 5.05. The van der Waals surface area contributed by atoms with Crippen LogP contribution in [-0.4, -0.2) is 13.6 Å². The van der Waals surface area contributed by atoms with Crippen LogP contribution in [0.5, 0.6) is 0 Å². The first kappa shape index (κ1) is 16.4. The summed E-state index contributed by atoms with van der Waals surface area (Å²) in [5.74, 6) is 0. The fourth-order valence-electron chi connectivity index (χ4n) is 3.69. The number of hydrogen-bond acceptors (Lipinski definition) is 1. The molecule has 1 aromatic carbocycles. The molecule has 0 bridgehead atoms. The van der Waals surface area contributed by atoms with Gasteiger partial charge in [0.25, 0.3) is 0 Å². The van der Waals surface area contributed by atoms with Crippen LogP contribution >= 0.6 is 0 Å². The van der Waals surface area contributed by atoms with E-state index in [1.165, 1.54) is 69.0 Å². The lowest BCUT2D eigenvalue weighted by molar-refractivity contribution is 0.257. The SMILES string of the molecule is CCN(C)c1cccc(CC2(C)CCCCCCCC2)c1. The average molecular weight is 287 g/mol. The highest BCUT2D eigenvalue weighted by Gasteiger charge is 2.24. The molecule has 0 unspecified atom stereocenters. The zero-order valence-corrected chi connectivity index (χ0v) is 14.3. The molecule has 1 aliphatic rings. The third-order valence-electron chi connectivity index (χ3n) is 5.27. The van der Waals surface area contributed by atoms with Crippen LogP contribution in [0.25, 0.3) is 0 Å². The van der Waals surface area contributed by atoms with Crippen LogP contribution in [0.1, 0.15) is 70.8 Å². The topological polar surface area (TPSA) is 3.24 Å². The van der Waals surface area contributed by atoms with Crippen molar-refractivity contribution in [2.75, 3.05) is 18.5 Å². The minimum atomic E-state index is 0.508. The molecule has 21 heavy (non-hydrogen) atoms. The predicted octanol–water partition coefficient (Wildman–Crippen LogP) is 5.83. The van der Waals surface area contributed by atoms with Gasteiger partial charge in [0.05, 0.1) is 0 Å². The first-order valence-corrected chi connectivity index (χ1v) is 8.93. The Morgan fingerprint density at radius 1 is 1.00 bits per heavy atom. The van der Waals surface area contributed by atoms with Crippen LogP contribution < -0.4 is 4.90 Å². The third-order valence-corrected chi connectivity index (χ3v) is 5.27. The predicted molar refractivity (Wildman–Crippen MR) is 94.1 cm³/mol. The van der Waals surface area contributed by atoms with Crippen molar-refractivity contribution in [3.05, 3.63) is 29.8 Å². The maximum Gasteiger partial charge on any atom is 0.0366 e. The average Bonchev–Trinajstić information content (AvgIpc) is 2.59. The molecule has 1 nitrogen and oxygen atoms in total. The van der Waals surface area contributed by atoms with E-state index in [4.69, 9.17) is 0 Å². The summed E-state index contributed by atoms with van der Waals surface area (Å²) >= 11 is 0. The molecule has 0 atom stereocenters. The Morgan fingerprint density at radius 2 is 1.62 bits per heavy atom. The van der Waals surface area contributed by atoms with Gasteiger partial charge < -0.3 is 4.90 Å². The van der Waals surface area contributed by atoms with E-state index in [0.717, 1.165) is 6.54 Å². The summed E-state index contributed by atoms with van der Waals surface area (Å²) in [4.78, 5) is 2.33. The second-order valence-corrected chi connectivity index (χ2v) is 7.29. The first-order chi connectivity index (χ1) is 10.1. The largest absolute Gasteiger partial charge is 0.375 e. The fourth-order valence-corrected chi connectivity index (χ4v) is 3.69. The van der Waals surface area contributed by atoms with E-state index in [9.17, 15) is 0 Å². The lowest BCUT2D eigenvalue weighted by Crippen LogP contribution is -2.20. The number of rotatable bonds is 4. The summed E-state index contributed by atoms with van der Waals surface area (Å²) in [6.45, 7) is 5.81. The normalized spacial score (nSPS) is 19.4. The van der Waals surface area contributed by atoms with Crippen molar-refractivity contribution >= 4 is 5.69 Å². The summed E-state index contributed by atoms with van der Waals surface area (Å²) in [5.41, 5.74) is 3.39. The standard InChI is InChI=1S/C20H33N/c1-4-21(3)19-13-11-12-18(16-19)17-20(2)14-9-7-5-6-8-10-15-20/h11-13,16H,4-10,14-15,17H2,1-3H3. The second kappa shape index (κ2) is 7.87. The highest BCUT2D eigenvalue weighted by Crippen LogP contribution is 2.36. The van der Waals surface area contributed by atoms with Gasteiger partial charge in [-0.1, -0.05) is 57.6 Å². The summed E-state index contributed by atoms with van der Waals surface area (Å²) < 4.78 is 0. The minimum Gasteiger partial charge on any atom is -0.375 e. The molecule has 1 heteroatoms. The van der Waals surface area contributed by atoms with Crippen LogP contribution in [0.2, 0.25) is 0 Å². The summed E-state index contributed by atoms with van der Waals surface area (Å²) in [6, 6.07) is 9.19. The molecule has 1 aromatic rings. The molecule has 0 saturated heterocycles. The zero-order chi connectivity index (χ0) is 15.1. The molecule has 0 amide bonds. The Morgan fingerprint density at radius 3 is 2.24 bits per heavy atom. The van der Waals surface area contributed by atoms with E-state index >= 15 is 0 Å². The van der Waals surface area contributed by atoms with Crippen LogP contribution in [0.15, 0.2) is 24.3 Å². The van der Waals surface area contributed by atoms with Crippen molar-refractivity contribution in [2.24, 2.45) is 5.41 Å². The van der Waals surface area contributed by atoms with Crippen molar-refractivity contribution in [3.63, 3.8) is 0 Å². The quantitative estimate of drug-likeness (QED) is 0.674. The van der Waals surface area contributed by atoms with E-state index in [2.05, 4.69) is 50.1 Å². The molecular formula is C20H33N. The van der Waals surface area contributed by atoms with Crippen LogP contribution in [0.3, 0.4) is 0 Å². The minimum absolute atomic E-state index is 0.508. The fraction of sp³-hybridized carbons (Fsp3) is 0.700. The van der Waals surface area contributed by atoms with Gasteiger partial charge >= 0.3 is 0 Å². The highest BCUT2D eigenvalue weighted by molar-refractivity contribution is 5.47. The maximum absolute atomic E-state index is 2.52. The van der Waals surface area contributed by atoms with Gasteiger partial charge in [0.2, 0.25) is 0 Å². The molecule has 2 rings (SSSR count). The molecule has 0 heterocycles. The summed E-state index contributed by atoms with van der Waals surface area (Å²) in [5, 5.41) is 0. The lowest BCUT2D eigenvalue weighted by atomic mass is 9.76. The van der Waals surface area contributed by atoms with E-state index in [0.29, 0.717) is 5.41 Å². The molecule has 118 valence electrons. The molecule has 0 spiro atoms. The number of anilines is 1. The van der Waals surface area contributed by atoms with Crippen molar-refractivity contribution < 1.29 is 0 Å². The van der Waals surface area contributed by atoms with Gasteiger partial charge in [-0.2, -0.15) is 0 Å². The maximum atomic E-state index is 2.52. The van der Waals surface area contributed by atoms with Gasteiger partial charge in [-0.3, -0.25) is 0 Å². The lowest BCUT2D eigenvalue weighted by Gasteiger charge is -2.30. The Labute approximate surface area is 131 Å². The van der Waals surface area contributed by atoms with Gasteiger partial charge in [-0.05, 0) is 49.3 Å². The molecular weight excluding hydrogens is 254 g/mol. The Kier molecular flexibility index (Phi) is 6.14. The van der Waals surface area contributed by atoms with E-state index in [-0.39, 0.29) is 0 Å². The van der Waals surface area contributed by atoms with Gasteiger partial charge in [0, 0.05) is 19.3 Å². The van der Waals surface area contributed by atoms with Crippen molar-refractivity contribution in [1.29, 1.82) is 0 Å². The molecule has 1 fully saturated rings. The van der Waals surface area contributed by atoms with E-state index in [1.807, 2.05) is 0 Å². The molecule has 0 aromatic heterocycles. The number of hydrogen-bond donors (Lipinski definition) is 0. The van der Waals surface area contributed by atoms with Crippen LogP contribution in [0.4, 0.5) is 5.69 Å². The Bertz CT molecular complexity index is 414. The molecule has 0 N–H and O–H groups in total. The zero-order valence-electron chi connectivity index (χ0n) is 14.3. The molecule has 1 saturated carbocycles. The number of benzene rings is 1. The van der Waals surface area contributed by atoms with Gasteiger partial charge in [0.1, 0.15) is 0 Å². The van der Waals surface area contributed by atoms with Crippen LogP contribution in [0, 0.1) is 5.41 Å². The molecule has 0 aliphatic heterocycles. The summed E-state index contributed by atoms with van der Waals surface area (Å²) in [7, 11) is 2.18. The van der Waals surface area contributed by atoms with Gasteiger partial charge in [-0.25, -0.2) is 0 Å². The van der Waals surface area contributed by atoms with Crippen molar-refractivity contribution in [2.45, 2.75) is 71.6 Å². The van der Waals surface area contributed by atoms with Gasteiger partial charge in [-0.15, -0.1) is 0 Å². The monoisotopic (exact) mass is 287 g/mol. The molecule has 0 radical (unpaired) electrons. The van der Waals surface area contributed by atoms with Crippen molar-refractivity contribution in [3.8, 4) is 0 Å². The van der Waals surface area contributed by atoms with Gasteiger partial charge in [0.15, 0.2) is 0 Å². The number of nitrogens with zero attached hydrogens (tertiary/aromatic N) is 1. The van der Waals surface area contributed by atoms with Crippen molar-refractivity contribution in [1.82, 2.24) is 0 Å². The Balaban J connectivity index is 2.06. The summed E-state index contributed by atoms with van der Waals surface area (Å²) in [6.07, 6.45) is 12.7.